The summed E-state index contributed by atoms with van der Waals surface area (Å²) in [5, 5.41) is 49.7. The van der Waals surface area contributed by atoms with E-state index in [1.54, 1.807) is 39.8 Å². The zero-order valence-electron chi connectivity index (χ0n) is 33.8. The molecule has 7 amide bonds. The third kappa shape index (κ3) is 15.5. The monoisotopic (exact) mass is 848 g/mol. The SMILES string of the molecule is CCC(C)C(NC(=O)C(CC(=O)O)NC(=O)C(NC(=O)C(N)Cc1ccc(O)cc1)C(C)C)C(=O)N1CCCC1C(=O)NC(CCC(=O)O)C(=O)NC(CC(N)=O)C(=O)O. The molecular formula is C38H56N8O14. The summed E-state index contributed by atoms with van der Waals surface area (Å²) in [6.45, 7) is 6.52. The van der Waals surface area contributed by atoms with Gasteiger partial charge in [0.1, 0.15) is 42.0 Å². The van der Waals surface area contributed by atoms with Gasteiger partial charge in [-0.05, 0) is 55.2 Å². The fraction of sp³-hybridized carbons (Fsp3) is 0.579. The molecule has 1 saturated heterocycles. The summed E-state index contributed by atoms with van der Waals surface area (Å²) in [6.07, 6.45) is -2.12. The molecule has 8 unspecified atom stereocenters. The zero-order valence-corrected chi connectivity index (χ0v) is 33.8. The Kier molecular flexibility index (Phi) is 19.4. The van der Waals surface area contributed by atoms with Crippen LogP contribution in [-0.4, -0.2) is 133 Å². The van der Waals surface area contributed by atoms with Gasteiger partial charge >= 0.3 is 17.9 Å². The topological polar surface area (TPSA) is 367 Å². The van der Waals surface area contributed by atoms with Gasteiger partial charge in [0, 0.05) is 13.0 Å². The number of hydrogen-bond acceptors (Lipinski definition) is 12. The Hall–Kier alpha value is -6.32. The normalized spacial score (nSPS) is 17.1. The first kappa shape index (κ1) is 49.8. The Labute approximate surface area is 345 Å². The fourth-order valence-corrected chi connectivity index (χ4v) is 6.32. The Morgan fingerprint density at radius 2 is 1.33 bits per heavy atom. The Bertz CT molecular complexity index is 1760. The van der Waals surface area contributed by atoms with Crippen LogP contribution in [0.4, 0.5) is 0 Å². The Morgan fingerprint density at radius 1 is 0.750 bits per heavy atom. The maximum absolute atomic E-state index is 14.1. The number of phenolic OH excluding ortho intramolecular Hbond substituents is 1. The molecule has 22 heteroatoms. The quantitative estimate of drug-likeness (QED) is 0.0520. The largest absolute Gasteiger partial charge is 0.508 e. The van der Waals surface area contributed by atoms with Gasteiger partial charge in [0.15, 0.2) is 0 Å². The molecule has 0 bridgehead atoms. The maximum atomic E-state index is 14.1. The number of benzene rings is 1. The highest BCUT2D eigenvalue weighted by atomic mass is 16.4. The average Bonchev–Trinajstić information content (AvgIpc) is 3.67. The first-order chi connectivity index (χ1) is 28.0. The molecule has 1 aromatic rings. The lowest BCUT2D eigenvalue weighted by molar-refractivity contribution is -0.145. The van der Waals surface area contributed by atoms with Crippen LogP contribution in [0, 0.1) is 11.8 Å². The predicted molar refractivity (Wildman–Crippen MR) is 209 cm³/mol. The summed E-state index contributed by atoms with van der Waals surface area (Å²) in [7, 11) is 0. The molecule has 332 valence electrons. The van der Waals surface area contributed by atoms with Crippen molar-refractivity contribution in [2.75, 3.05) is 6.54 Å². The summed E-state index contributed by atoms with van der Waals surface area (Å²) >= 11 is 0. The van der Waals surface area contributed by atoms with Crippen molar-refractivity contribution in [2.24, 2.45) is 23.3 Å². The van der Waals surface area contributed by atoms with E-state index in [9.17, 15) is 68.4 Å². The molecule has 0 aliphatic carbocycles. The molecule has 1 aliphatic rings. The number of nitrogens with one attached hydrogen (secondary N) is 5. The van der Waals surface area contributed by atoms with Crippen molar-refractivity contribution in [3.8, 4) is 5.75 Å². The van der Waals surface area contributed by atoms with Crippen LogP contribution in [0.3, 0.4) is 0 Å². The molecule has 60 heavy (non-hydrogen) atoms. The second kappa shape index (κ2) is 23.3. The van der Waals surface area contributed by atoms with E-state index in [0.717, 1.165) is 4.90 Å². The summed E-state index contributed by atoms with van der Waals surface area (Å²) in [5.74, 6) is -12.1. The van der Waals surface area contributed by atoms with E-state index in [4.69, 9.17) is 11.5 Å². The number of phenols is 1. The molecule has 1 aromatic carbocycles. The lowest BCUT2D eigenvalue weighted by Crippen LogP contribution is -2.61. The third-order valence-corrected chi connectivity index (χ3v) is 9.90. The van der Waals surface area contributed by atoms with Crippen molar-refractivity contribution in [2.45, 2.75) is 121 Å². The number of amides is 7. The van der Waals surface area contributed by atoms with Crippen molar-refractivity contribution in [1.29, 1.82) is 0 Å². The molecule has 2 rings (SSSR count). The molecule has 1 fully saturated rings. The number of carboxylic acid groups (broad SMARTS) is 3. The number of aliphatic carboxylic acids is 3. The number of rotatable bonds is 24. The van der Waals surface area contributed by atoms with Crippen LogP contribution >= 0.6 is 0 Å². The van der Waals surface area contributed by atoms with Crippen LogP contribution in [0.25, 0.3) is 0 Å². The molecule has 0 radical (unpaired) electrons. The van der Waals surface area contributed by atoms with Crippen LogP contribution in [0.1, 0.15) is 78.2 Å². The van der Waals surface area contributed by atoms with Crippen LogP contribution in [0.2, 0.25) is 0 Å². The van der Waals surface area contributed by atoms with E-state index in [2.05, 4.69) is 26.6 Å². The molecule has 0 saturated carbocycles. The first-order valence-electron chi connectivity index (χ1n) is 19.4. The van der Waals surface area contributed by atoms with Crippen LogP contribution < -0.4 is 38.1 Å². The summed E-state index contributed by atoms with van der Waals surface area (Å²) in [4.78, 5) is 128. The highest BCUT2D eigenvalue weighted by Gasteiger charge is 2.42. The van der Waals surface area contributed by atoms with E-state index in [-0.39, 0.29) is 31.6 Å². The maximum Gasteiger partial charge on any atom is 0.326 e. The van der Waals surface area contributed by atoms with Gasteiger partial charge in [-0.1, -0.05) is 46.2 Å². The molecule has 0 spiro atoms. The Balaban J connectivity index is 2.28. The Morgan fingerprint density at radius 3 is 1.87 bits per heavy atom. The van der Waals surface area contributed by atoms with Gasteiger partial charge in [-0.3, -0.25) is 43.2 Å². The zero-order chi connectivity index (χ0) is 45.4. The molecular weight excluding hydrogens is 792 g/mol. The highest BCUT2D eigenvalue weighted by molar-refractivity contribution is 5.98. The van der Waals surface area contributed by atoms with Crippen molar-refractivity contribution >= 4 is 59.3 Å². The van der Waals surface area contributed by atoms with E-state index in [1.807, 2.05) is 0 Å². The van der Waals surface area contributed by atoms with Crippen LogP contribution in [-0.2, 0) is 54.4 Å². The van der Waals surface area contributed by atoms with Crippen molar-refractivity contribution < 1.29 is 68.4 Å². The van der Waals surface area contributed by atoms with Gasteiger partial charge in [-0.2, -0.15) is 0 Å². The minimum atomic E-state index is -1.78. The molecule has 13 N–H and O–H groups in total. The molecule has 1 aliphatic heterocycles. The lowest BCUT2D eigenvalue weighted by Gasteiger charge is -2.33. The number of nitrogens with two attached hydrogens (primary N) is 2. The number of primary amides is 1. The van der Waals surface area contributed by atoms with Crippen molar-refractivity contribution in [3.05, 3.63) is 29.8 Å². The smallest absolute Gasteiger partial charge is 0.326 e. The number of hydrogen-bond donors (Lipinski definition) is 11. The van der Waals surface area contributed by atoms with Crippen molar-refractivity contribution in [1.82, 2.24) is 31.5 Å². The van der Waals surface area contributed by atoms with Gasteiger partial charge in [0.2, 0.25) is 41.4 Å². The molecule has 22 nitrogen and oxygen atoms in total. The van der Waals surface area contributed by atoms with Crippen LogP contribution in [0.5, 0.6) is 5.75 Å². The number of aromatic hydroxyl groups is 1. The summed E-state index contributed by atoms with van der Waals surface area (Å²) in [5.41, 5.74) is 11.8. The third-order valence-electron chi connectivity index (χ3n) is 9.90. The second-order valence-electron chi connectivity index (χ2n) is 15.0. The number of carboxylic acids is 3. The minimum absolute atomic E-state index is 0.00531. The molecule has 8 atom stereocenters. The van der Waals surface area contributed by atoms with E-state index in [0.29, 0.717) is 12.0 Å². The summed E-state index contributed by atoms with van der Waals surface area (Å²) in [6, 6.07) is -4.16. The van der Waals surface area contributed by atoms with Gasteiger partial charge in [-0.15, -0.1) is 0 Å². The van der Waals surface area contributed by atoms with Gasteiger partial charge in [-0.25, -0.2) is 4.79 Å². The molecule has 1 heterocycles. The number of carbonyl (C=O) groups is 10. The highest BCUT2D eigenvalue weighted by Crippen LogP contribution is 2.22. The van der Waals surface area contributed by atoms with E-state index >= 15 is 0 Å². The van der Waals surface area contributed by atoms with E-state index < -0.39 is 139 Å². The average molecular weight is 849 g/mol. The first-order valence-corrected chi connectivity index (χ1v) is 19.4. The number of nitrogens with zero attached hydrogens (tertiary/aromatic N) is 1. The fourth-order valence-electron chi connectivity index (χ4n) is 6.32. The van der Waals surface area contributed by atoms with Crippen LogP contribution in [0.15, 0.2) is 24.3 Å². The predicted octanol–water partition coefficient (Wildman–Crippen LogP) is -2.32. The van der Waals surface area contributed by atoms with Gasteiger partial charge in [0.05, 0.1) is 18.9 Å². The number of likely N-dealkylation sites (tertiary alicyclic amines) is 1. The minimum Gasteiger partial charge on any atom is -0.508 e. The van der Waals surface area contributed by atoms with E-state index in [1.165, 1.54) is 12.1 Å². The van der Waals surface area contributed by atoms with Gasteiger partial charge in [0.25, 0.3) is 0 Å². The second-order valence-corrected chi connectivity index (χ2v) is 15.0. The lowest BCUT2D eigenvalue weighted by atomic mass is 9.96. The molecule has 0 aromatic heterocycles. The standard InChI is InChI=1S/C38H56N8O14/c1-5-19(4)31(37(58)46-14-6-7-26(46)35(56)41-23(12-13-28(49)50)33(54)43-25(38(59)60)16-27(40)48)45-34(55)24(17-29(51)52)42-36(57)30(18(2)3)44-32(53)22(39)15-20-8-10-21(47)11-9-20/h8-11,18-19,22-26,30-31,47H,5-7,12-17,39H2,1-4H3,(H2,40,48)(H,41,56)(H,42,57)(H,43,54)(H,44,53)(H,45,55)(H,49,50)(H,51,52)(H,59,60). The van der Waals surface area contributed by atoms with Gasteiger partial charge < -0.3 is 63.4 Å². The number of carbonyl (C=O) groups excluding carboxylic acids is 7. The summed E-state index contributed by atoms with van der Waals surface area (Å²) < 4.78 is 0. The van der Waals surface area contributed by atoms with Crippen molar-refractivity contribution in [3.63, 3.8) is 0 Å².